The highest BCUT2D eigenvalue weighted by atomic mass is 15.1. The van der Waals surface area contributed by atoms with E-state index in [4.69, 9.17) is 0 Å². The maximum Gasteiger partial charge on any atom is 0.0540 e. The molecular weight excluding hydrogens is 795 g/mol. The Hall–Kier alpha value is -6.70. The van der Waals surface area contributed by atoms with Crippen LogP contribution < -0.4 is 4.90 Å². The summed E-state index contributed by atoms with van der Waals surface area (Å²) < 4.78 is 0. The van der Waals surface area contributed by atoms with Crippen molar-refractivity contribution < 1.29 is 0 Å². The minimum Gasteiger partial charge on any atom is -0.310 e. The smallest absolute Gasteiger partial charge is 0.0540 e. The fraction of sp³-hybridized carbons (Fsp3) is 0.231. The molecule has 1 heteroatoms. The number of hydrogen-bond donors (Lipinski definition) is 0. The van der Waals surface area contributed by atoms with E-state index in [2.05, 4.69) is 199 Å². The molecule has 0 aromatic heterocycles. The molecule has 6 aliphatic rings. The zero-order valence-corrected chi connectivity index (χ0v) is 37.5. The molecule has 318 valence electrons. The molecule has 0 bridgehead atoms. The molecule has 5 saturated carbocycles. The Morgan fingerprint density at radius 2 is 1.00 bits per heavy atom. The highest BCUT2D eigenvalue weighted by molar-refractivity contribution is 6.04. The molecule has 6 aliphatic carbocycles. The first-order valence-corrected chi connectivity index (χ1v) is 25.1. The molecule has 1 nitrogen and oxygen atoms in total. The molecule has 0 radical (unpaired) electrons. The van der Waals surface area contributed by atoms with Gasteiger partial charge in [-0.3, -0.25) is 0 Å². The van der Waals surface area contributed by atoms with E-state index in [-0.39, 0.29) is 5.41 Å². The molecule has 0 saturated heterocycles. The number of benzene rings is 9. The van der Waals surface area contributed by atoms with Crippen molar-refractivity contribution in [2.24, 2.45) is 29.1 Å². The van der Waals surface area contributed by atoms with Crippen molar-refractivity contribution >= 4 is 38.6 Å². The maximum absolute atomic E-state index is 2.66. The molecule has 4 atom stereocenters. The van der Waals surface area contributed by atoms with Crippen molar-refractivity contribution in [3.63, 3.8) is 0 Å². The third-order valence-corrected chi connectivity index (χ3v) is 18.6. The summed E-state index contributed by atoms with van der Waals surface area (Å²) >= 11 is 0. The molecule has 5 fully saturated rings. The van der Waals surface area contributed by atoms with Crippen molar-refractivity contribution in [2.75, 3.05) is 4.90 Å². The molecule has 9 aromatic rings. The van der Waals surface area contributed by atoms with Gasteiger partial charge in [0.15, 0.2) is 0 Å². The molecule has 0 N–H and O–H groups in total. The minimum atomic E-state index is 0.146. The van der Waals surface area contributed by atoms with Crippen molar-refractivity contribution in [2.45, 2.75) is 62.7 Å². The van der Waals surface area contributed by atoms with E-state index >= 15 is 0 Å². The predicted molar refractivity (Wildman–Crippen MR) is 275 cm³/mol. The summed E-state index contributed by atoms with van der Waals surface area (Å²) in [7, 11) is 0. The van der Waals surface area contributed by atoms with Crippen LogP contribution in [-0.4, -0.2) is 0 Å². The fourth-order valence-corrected chi connectivity index (χ4v) is 15.9. The summed E-state index contributed by atoms with van der Waals surface area (Å²) in [6, 6.07) is 74.4. The largest absolute Gasteiger partial charge is 0.310 e. The molecule has 2 spiro atoms. The summed E-state index contributed by atoms with van der Waals surface area (Å²) in [5, 5.41) is 5.35. The standard InChI is InChI=1S/C65H53N/c1-2-13-44(14-3-1)53-23-11-17-46-18-12-24-57(63(46)53)56-21-7-9-26-60(56)66(49-33-31-42(32-34-49)41-27-29-45(30-28-41)52-22-10-16-43-15-4-5-19-51(43)52)50-35-36-55-54-20-6-8-25-58(54)65(59(55)40-50)61-38-47-37-48-39-62(65)64(47,48)61/h4-12,15-36,40,44,47-48,61-62H,1-3,13-14,37-39H2. The van der Waals surface area contributed by atoms with Gasteiger partial charge in [-0.1, -0.05) is 183 Å². The second-order valence-electron chi connectivity index (χ2n) is 20.9. The number of para-hydroxylation sites is 1. The number of anilines is 3. The number of nitrogens with zero attached hydrogens (tertiary/aromatic N) is 1. The van der Waals surface area contributed by atoms with Gasteiger partial charge < -0.3 is 4.90 Å². The average Bonchev–Trinajstić information content (AvgIpc) is 3.66. The van der Waals surface area contributed by atoms with Gasteiger partial charge in [-0.05, 0) is 175 Å². The normalized spacial score (nSPS) is 25.2. The van der Waals surface area contributed by atoms with Gasteiger partial charge in [0.2, 0.25) is 0 Å². The van der Waals surface area contributed by atoms with Gasteiger partial charge in [-0.2, -0.15) is 0 Å². The van der Waals surface area contributed by atoms with Crippen LogP contribution in [0.15, 0.2) is 194 Å². The van der Waals surface area contributed by atoms with Crippen LogP contribution in [-0.2, 0) is 5.41 Å². The van der Waals surface area contributed by atoms with Crippen LogP contribution in [0.2, 0.25) is 0 Å². The number of fused-ring (bicyclic) bond motifs is 9. The van der Waals surface area contributed by atoms with E-state index in [1.54, 1.807) is 11.1 Å². The van der Waals surface area contributed by atoms with E-state index < -0.39 is 0 Å². The van der Waals surface area contributed by atoms with Crippen LogP contribution in [0.5, 0.6) is 0 Å². The maximum atomic E-state index is 2.66. The van der Waals surface area contributed by atoms with Gasteiger partial charge in [0, 0.05) is 22.4 Å². The predicted octanol–water partition coefficient (Wildman–Crippen LogP) is 17.5. The zero-order valence-electron chi connectivity index (χ0n) is 37.5. The Balaban J connectivity index is 0.883. The van der Waals surface area contributed by atoms with E-state index in [1.807, 2.05) is 0 Å². The fourth-order valence-electron chi connectivity index (χ4n) is 15.9. The zero-order chi connectivity index (χ0) is 43.1. The Kier molecular flexibility index (Phi) is 7.91. The molecule has 4 unspecified atom stereocenters. The molecule has 15 rings (SSSR count). The van der Waals surface area contributed by atoms with Crippen molar-refractivity contribution in [1.82, 2.24) is 0 Å². The summed E-state index contributed by atoms with van der Waals surface area (Å²) in [4.78, 5) is 2.60. The van der Waals surface area contributed by atoms with Crippen LogP contribution in [0.3, 0.4) is 0 Å². The minimum absolute atomic E-state index is 0.146. The van der Waals surface area contributed by atoms with Gasteiger partial charge >= 0.3 is 0 Å². The summed E-state index contributed by atoms with van der Waals surface area (Å²) in [5.74, 6) is 4.13. The quantitative estimate of drug-likeness (QED) is 0.154. The first kappa shape index (κ1) is 37.5. The van der Waals surface area contributed by atoms with Crippen molar-refractivity contribution in [3.8, 4) is 44.5 Å². The highest BCUT2D eigenvalue weighted by Gasteiger charge is 2.90. The van der Waals surface area contributed by atoms with Gasteiger partial charge in [0.05, 0.1) is 5.69 Å². The van der Waals surface area contributed by atoms with Crippen LogP contribution in [0, 0.1) is 29.1 Å². The third kappa shape index (κ3) is 4.86. The summed E-state index contributed by atoms with van der Waals surface area (Å²) in [5.41, 5.74) is 19.8. The lowest BCUT2D eigenvalue weighted by Gasteiger charge is -2.92. The van der Waals surface area contributed by atoms with Crippen molar-refractivity contribution in [3.05, 3.63) is 211 Å². The number of rotatable bonds is 7. The SMILES string of the molecule is c1ccc(N(c2ccc(-c3ccc(-c4cccc5ccccc45)cc3)cc2)c2ccc3c(c2)C2(c4ccccc4-3)C3CC4CC5CC2C453)c(-c2cccc3cccc(C4CCCCC4)c23)c1. The Morgan fingerprint density at radius 3 is 1.79 bits per heavy atom. The van der Waals surface area contributed by atoms with Gasteiger partial charge in [0.25, 0.3) is 0 Å². The molecule has 0 heterocycles. The van der Waals surface area contributed by atoms with Gasteiger partial charge in [-0.25, -0.2) is 0 Å². The van der Waals surface area contributed by atoms with Gasteiger partial charge in [-0.15, -0.1) is 0 Å². The van der Waals surface area contributed by atoms with E-state index in [1.165, 1.54) is 140 Å². The second-order valence-corrected chi connectivity index (χ2v) is 20.9. The van der Waals surface area contributed by atoms with Crippen LogP contribution >= 0.6 is 0 Å². The van der Waals surface area contributed by atoms with E-state index in [0.717, 1.165) is 23.7 Å². The monoisotopic (exact) mass is 847 g/mol. The highest BCUT2D eigenvalue weighted by Crippen LogP contribution is 2.94. The van der Waals surface area contributed by atoms with Crippen molar-refractivity contribution in [1.29, 1.82) is 0 Å². The lowest BCUT2D eigenvalue weighted by atomic mass is 9.11. The number of hydrogen-bond acceptors (Lipinski definition) is 1. The van der Waals surface area contributed by atoms with Crippen LogP contribution in [0.1, 0.15) is 74.0 Å². The Bertz CT molecular complexity index is 3390. The first-order chi connectivity index (χ1) is 32.7. The van der Waals surface area contributed by atoms with Gasteiger partial charge in [0.1, 0.15) is 0 Å². The molecule has 0 aliphatic heterocycles. The molecular formula is C65H53N. The lowest BCUT2D eigenvalue weighted by Crippen LogP contribution is -2.88. The summed E-state index contributed by atoms with van der Waals surface area (Å²) in [6.07, 6.45) is 10.9. The first-order valence-electron chi connectivity index (χ1n) is 25.1. The molecule has 66 heavy (non-hydrogen) atoms. The van der Waals surface area contributed by atoms with Crippen LogP contribution in [0.4, 0.5) is 17.1 Å². The molecule has 0 amide bonds. The van der Waals surface area contributed by atoms with Crippen LogP contribution in [0.25, 0.3) is 66.1 Å². The van der Waals surface area contributed by atoms with E-state index in [0.29, 0.717) is 11.3 Å². The Morgan fingerprint density at radius 1 is 0.409 bits per heavy atom. The Labute approximate surface area is 388 Å². The topological polar surface area (TPSA) is 3.24 Å². The van der Waals surface area contributed by atoms with E-state index in [9.17, 15) is 0 Å². The average molecular weight is 848 g/mol. The molecule has 9 aromatic carbocycles. The summed E-state index contributed by atoms with van der Waals surface area (Å²) in [6.45, 7) is 0. The third-order valence-electron chi connectivity index (χ3n) is 18.6. The second kappa shape index (κ2) is 13.9. The lowest BCUT2D eigenvalue weighted by molar-refractivity contribution is -0.412.